The Balaban J connectivity index is 1.91. The topological polar surface area (TPSA) is 46.5 Å². The zero-order chi connectivity index (χ0) is 22.7. The van der Waals surface area contributed by atoms with Crippen molar-refractivity contribution in [2.45, 2.75) is 26.7 Å². The van der Waals surface area contributed by atoms with Gasteiger partial charge in [0.05, 0.1) is 0 Å². The van der Waals surface area contributed by atoms with Gasteiger partial charge >= 0.3 is 5.97 Å². The Morgan fingerprint density at radius 1 is 0.903 bits per heavy atom. The molecule has 162 valence electrons. The molecule has 0 atom stereocenters. The van der Waals surface area contributed by atoms with E-state index in [-0.39, 0.29) is 24.2 Å². The fraction of sp³-hybridized carbons (Fsp3) is 0.208. The third-order valence-corrected chi connectivity index (χ3v) is 5.12. The molecule has 0 aliphatic carbocycles. The maximum Gasteiger partial charge on any atom is 0.341 e. The van der Waals surface area contributed by atoms with Gasteiger partial charge in [-0.05, 0) is 78.8 Å². The van der Waals surface area contributed by atoms with E-state index in [1.165, 1.54) is 12.1 Å². The summed E-state index contributed by atoms with van der Waals surface area (Å²) < 4.78 is 61.0. The first kappa shape index (κ1) is 22.3. The van der Waals surface area contributed by atoms with Gasteiger partial charge in [0.2, 0.25) is 0 Å². The average Bonchev–Trinajstić information content (AvgIpc) is 2.69. The highest BCUT2D eigenvalue weighted by atomic mass is 19.1. The summed E-state index contributed by atoms with van der Waals surface area (Å²) in [7, 11) is 0. The third kappa shape index (κ3) is 5.23. The van der Waals surface area contributed by atoms with Gasteiger partial charge in [0, 0.05) is 11.6 Å². The van der Waals surface area contributed by atoms with Crippen molar-refractivity contribution < 1.29 is 32.2 Å². The van der Waals surface area contributed by atoms with Gasteiger partial charge in [-0.3, -0.25) is 0 Å². The number of benzene rings is 3. The second-order valence-electron chi connectivity index (χ2n) is 7.26. The lowest BCUT2D eigenvalue weighted by Gasteiger charge is -2.14. The number of hydrogen-bond acceptors (Lipinski definition) is 2. The second-order valence-corrected chi connectivity index (χ2v) is 7.26. The van der Waals surface area contributed by atoms with Gasteiger partial charge < -0.3 is 9.84 Å². The van der Waals surface area contributed by atoms with Gasteiger partial charge in [0.25, 0.3) is 0 Å². The molecule has 0 spiro atoms. The van der Waals surface area contributed by atoms with Crippen LogP contribution in [0.3, 0.4) is 0 Å². The summed E-state index contributed by atoms with van der Waals surface area (Å²) in [6, 6.07) is 8.85. The number of carboxylic acid groups (broad SMARTS) is 1. The van der Waals surface area contributed by atoms with Gasteiger partial charge in [0.15, 0.2) is 18.2 Å². The molecule has 0 aliphatic heterocycles. The normalized spacial score (nSPS) is 10.9. The van der Waals surface area contributed by atoms with Crippen LogP contribution in [0.4, 0.5) is 17.6 Å². The van der Waals surface area contributed by atoms with Crippen molar-refractivity contribution >= 4 is 5.97 Å². The highest BCUT2D eigenvalue weighted by molar-refractivity contribution is 5.68. The zero-order valence-corrected chi connectivity index (χ0v) is 16.9. The number of carboxylic acids is 1. The fourth-order valence-corrected chi connectivity index (χ4v) is 3.40. The number of halogens is 4. The standard InChI is InChI=1S/C24H20F4O3/c1-13-7-16(17-9-18(25)11-19(26)10-17)8-15(14(13)2)3-4-20-21(27)5-6-22(24(20)28)31-12-23(29)30/h5-11H,3-4,12H2,1-2H3,(H,29,30). The Morgan fingerprint density at radius 3 is 2.19 bits per heavy atom. The molecule has 0 saturated carbocycles. The van der Waals surface area contributed by atoms with Crippen molar-refractivity contribution in [3.05, 3.63) is 88.0 Å². The number of aliphatic carboxylic acids is 1. The van der Waals surface area contributed by atoms with E-state index < -0.39 is 35.8 Å². The van der Waals surface area contributed by atoms with Crippen molar-refractivity contribution in [2.24, 2.45) is 0 Å². The minimum Gasteiger partial charge on any atom is -0.479 e. The Labute approximate surface area is 176 Å². The molecule has 1 N–H and O–H groups in total. The lowest BCUT2D eigenvalue weighted by atomic mass is 9.92. The molecule has 3 rings (SSSR count). The molecule has 0 heterocycles. The summed E-state index contributed by atoms with van der Waals surface area (Å²) in [6.45, 7) is 2.96. The van der Waals surface area contributed by atoms with Crippen LogP contribution in [0.5, 0.6) is 5.75 Å². The van der Waals surface area contributed by atoms with Gasteiger partial charge in [0.1, 0.15) is 17.5 Å². The van der Waals surface area contributed by atoms with E-state index in [1.807, 2.05) is 13.8 Å². The molecular formula is C24H20F4O3. The molecular weight excluding hydrogens is 412 g/mol. The first-order valence-corrected chi connectivity index (χ1v) is 9.53. The molecule has 31 heavy (non-hydrogen) atoms. The molecule has 3 aromatic carbocycles. The molecule has 0 aliphatic rings. The number of ether oxygens (including phenoxy) is 1. The van der Waals surface area contributed by atoms with Gasteiger partial charge in [-0.25, -0.2) is 22.4 Å². The monoisotopic (exact) mass is 432 g/mol. The molecule has 0 bridgehead atoms. The summed E-state index contributed by atoms with van der Waals surface area (Å²) in [6.07, 6.45) is 0.248. The summed E-state index contributed by atoms with van der Waals surface area (Å²) >= 11 is 0. The van der Waals surface area contributed by atoms with Crippen molar-refractivity contribution in [2.75, 3.05) is 6.61 Å². The van der Waals surface area contributed by atoms with E-state index in [0.29, 0.717) is 11.1 Å². The van der Waals surface area contributed by atoms with Crippen LogP contribution in [0.15, 0.2) is 42.5 Å². The Hall–Kier alpha value is -3.35. The second kappa shape index (κ2) is 9.20. The minimum atomic E-state index is -1.28. The highest BCUT2D eigenvalue weighted by Gasteiger charge is 2.17. The van der Waals surface area contributed by atoms with Crippen LogP contribution < -0.4 is 4.74 Å². The average molecular weight is 432 g/mol. The quantitative estimate of drug-likeness (QED) is 0.482. The van der Waals surface area contributed by atoms with E-state index in [4.69, 9.17) is 9.84 Å². The first-order valence-electron chi connectivity index (χ1n) is 9.53. The van der Waals surface area contributed by atoms with Crippen LogP contribution in [-0.4, -0.2) is 17.7 Å². The number of carbonyl (C=O) groups is 1. The molecule has 3 aromatic rings. The van der Waals surface area contributed by atoms with Gasteiger partial charge in [-0.1, -0.05) is 12.1 Å². The summed E-state index contributed by atoms with van der Waals surface area (Å²) in [4.78, 5) is 10.6. The smallest absolute Gasteiger partial charge is 0.341 e. The van der Waals surface area contributed by atoms with Gasteiger partial charge in [-0.15, -0.1) is 0 Å². The van der Waals surface area contributed by atoms with Crippen molar-refractivity contribution in [1.29, 1.82) is 0 Å². The largest absolute Gasteiger partial charge is 0.479 e. The van der Waals surface area contributed by atoms with E-state index in [9.17, 15) is 22.4 Å². The van der Waals surface area contributed by atoms with Crippen LogP contribution in [0.2, 0.25) is 0 Å². The highest BCUT2D eigenvalue weighted by Crippen LogP contribution is 2.29. The van der Waals surface area contributed by atoms with Crippen molar-refractivity contribution in [3.8, 4) is 16.9 Å². The lowest BCUT2D eigenvalue weighted by Crippen LogP contribution is -2.11. The Kier molecular flexibility index (Phi) is 6.63. The predicted molar refractivity (Wildman–Crippen MR) is 108 cm³/mol. The first-order chi connectivity index (χ1) is 14.7. The van der Waals surface area contributed by atoms with E-state index in [2.05, 4.69) is 0 Å². The van der Waals surface area contributed by atoms with Crippen LogP contribution in [0.25, 0.3) is 11.1 Å². The molecule has 7 heteroatoms. The molecule has 0 saturated heterocycles. The van der Waals surface area contributed by atoms with Crippen LogP contribution >= 0.6 is 0 Å². The molecule has 0 amide bonds. The molecule has 0 aromatic heterocycles. The zero-order valence-electron chi connectivity index (χ0n) is 16.9. The van der Waals surface area contributed by atoms with Crippen LogP contribution in [0.1, 0.15) is 22.3 Å². The maximum absolute atomic E-state index is 14.7. The minimum absolute atomic E-state index is 0.0107. The SMILES string of the molecule is Cc1cc(-c2cc(F)cc(F)c2)cc(CCc2c(F)ccc(OCC(=O)O)c2F)c1C. The lowest BCUT2D eigenvalue weighted by molar-refractivity contribution is -0.139. The van der Waals surface area contributed by atoms with Crippen LogP contribution in [-0.2, 0) is 17.6 Å². The number of rotatable bonds is 7. The maximum atomic E-state index is 14.7. The predicted octanol–water partition coefficient (Wildman–Crippen LogP) is 5.78. The third-order valence-electron chi connectivity index (χ3n) is 5.12. The summed E-state index contributed by atoms with van der Waals surface area (Å²) in [5.74, 6) is -4.72. The number of aryl methyl sites for hydroxylation is 2. The summed E-state index contributed by atoms with van der Waals surface area (Å²) in [5, 5.41) is 8.68. The van der Waals surface area contributed by atoms with E-state index >= 15 is 0 Å². The molecule has 0 unspecified atom stereocenters. The van der Waals surface area contributed by atoms with E-state index in [0.717, 1.165) is 34.9 Å². The van der Waals surface area contributed by atoms with E-state index in [1.54, 1.807) is 12.1 Å². The molecule has 0 radical (unpaired) electrons. The summed E-state index contributed by atoms with van der Waals surface area (Å²) in [5.41, 5.74) is 3.29. The van der Waals surface area contributed by atoms with Gasteiger partial charge in [-0.2, -0.15) is 0 Å². The molecule has 0 fully saturated rings. The fourth-order valence-electron chi connectivity index (χ4n) is 3.40. The Bertz CT molecular complexity index is 1120. The van der Waals surface area contributed by atoms with Crippen LogP contribution in [0, 0.1) is 37.1 Å². The Morgan fingerprint density at radius 2 is 1.55 bits per heavy atom. The number of hydrogen-bond donors (Lipinski definition) is 1. The van der Waals surface area contributed by atoms with Crippen molar-refractivity contribution in [3.63, 3.8) is 0 Å². The van der Waals surface area contributed by atoms with Crippen molar-refractivity contribution in [1.82, 2.24) is 0 Å². The molecule has 3 nitrogen and oxygen atoms in total.